The van der Waals surface area contributed by atoms with Crippen LogP contribution in [-0.2, 0) is 0 Å². The van der Waals surface area contributed by atoms with Crippen LogP contribution in [0.3, 0.4) is 0 Å². The van der Waals surface area contributed by atoms with Gasteiger partial charge in [-0.2, -0.15) is 9.97 Å². The number of nitrogens with zero attached hydrogens (tertiary/aromatic N) is 4. The van der Waals surface area contributed by atoms with Gasteiger partial charge in [-0.05, 0) is 37.3 Å². The molecule has 5 rings (SSSR count). The first-order valence-electron chi connectivity index (χ1n) is 9.09. The molecule has 8 nitrogen and oxygen atoms in total. The van der Waals surface area contributed by atoms with Gasteiger partial charge in [0.15, 0.2) is 11.5 Å². The van der Waals surface area contributed by atoms with Gasteiger partial charge in [0.1, 0.15) is 5.52 Å². The predicted octanol–water partition coefficient (Wildman–Crippen LogP) is 3.41. The SMILES string of the molecule is C[C@H](Nc1nc(N)nc2[nH]cnc12)c1cc2cccc(Cl)c2c(=O)n1C1CC1. The summed E-state index contributed by atoms with van der Waals surface area (Å²) < 4.78 is 1.86. The molecule has 0 bridgehead atoms. The Balaban J connectivity index is 1.65. The van der Waals surface area contributed by atoms with E-state index in [1.165, 1.54) is 0 Å². The summed E-state index contributed by atoms with van der Waals surface area (Å²) in [5.74, 6) is 0.675. The van der Waals surface area contributed by atoms with Crippen LogP contribution in [0.25, 0.3) is 21.9 Å². The topological polar surface area (TPSA) is 115 Å². The molecule has 0 saturated heterocycles. The van der Waals surface area contributed by atoms with Crippen molar-refractivity contribution in [3.05, 3.63) is 51.7 Å². The van der Waals surface area contributed by atoms with Crippen LogP contribution in [0.1, 0.15) is 37.5 Å². The Morgan fingerprint density at radius 1 is 1.36 bits per heavy atom. The Morgan fingerprint density at radius 2 is 2.18 bits per heavy atom. The van der Waals surface area contributed by atoms with Gasteiger partial charge in [-0.3, -0.25) is 4.79 Å². The van der Waals surface area contributed by atoms with Crippen molar-refractivity contribution in [2.45, 2.75) is 31.8 Å². The van der Waals surface area contributed by atoms with Crippen LogP contribution in [0.15, 0.2) is 35.4 Å². The minimum atomic E-state index is -0.203. The lowest BCUT2D eigenvalue weighted by Crippen LogP contribution is -2.26. The van der Waals surface area contributed by atoms with Gasteiger partial charge in [-0.15, -0.1) is 0 Å². The fourth-order valence-electron chi connectivity index (χ4n) is 3.63. The van der Waals surface area contributed by atoms with Crippen molar-refractivity contribution >= 4 is 45.3 Å². The maximum absolute atomic E-state index is 13.2. The van der Waals surface area contributed by atoms with Crippen LogP contribution >= 0.6 is 11.6 Å². The van der Waals surface area contributed by atoms with Gasteiger partial charge in [-0.1, -0.05) is 23.7 Å². The Kier molecular flexibility index (Phi) is 3.77. The number of aromatic amines is 1. The first-order chi connectivity index (χ1) is 13.5. The first-order valence-corrected chi connectivity index (χ1v) is 9.47. The van der Waals surface area contributed by atoms with Crippen LogP contribution in [-0.4, -0.2) is 24.5 Å². The van der Waals surface area contributed by atoms with Crippen LogP contribution in [0, 0.1) is 0 Å². The Bertz CT molecular complexity index is 1270. The number of H-pyrrole nitrogens is 1. The zero-order valence-electron chi connectivity index (χ0n) is 15.1. The molecule has 0 aliphatic heterocycles. The molecule has 1 fully saturated rings. The summed E-state index contributed by atoms with van der Waals surface area (Å²) in [6, 6.07) is 7.53. The van der Waals surface area contributed by atoms with Gasteiger partial charge in [0.25, 0.3) is 5.56 Å². The van der Waals surface area contributed by atoms with E-state index in [9.17, 15) is 4.79 Å². The minimum absolute atomic E-state index is 0.0543. The summed E-state index contributed by atoms with van der Waals surface area (Å²) in [7, 11) is 0. The molecular weight excluding hydrogens is 378 g/mol. The Labute approximate surface area is 164 Å². The molecule has 4 aromatic rings. The molecule has 0 amide bonds. The molecule has 1 atom stereocenters. The second-order valence-electron chi connectivity index (χ2n) is 7.08. The molecule has 0 radical (unpaired) electrons. The van der Waals surface area contributed by atoms with Crippen LogP contribution < -0.4 is 16.6 Å². The van der Waals surface area contributed by atoms with E-state index in [1.54, 1.807) is 12.4 Å². The van der Waals surface area contributed by atoms with E-state index in [2.05, 4.69) is 25.3 Å². The lowest BCUT2D eigenvalue weighted by molar-refractivity contribution is 0.636. The second kappa shape index (κ2) is 6.20. The highest BCUT2D eigenvalue weighted by atomic mass is 35.5. The first kappa shape index (κ1) is 17.0. The molecule has 1 aromatic carbocycles. The number of hydrogen-bond donors (Lipinski definition) is 3. The van der Waals surface area contributed by atoms with Crippen molar-refractivity contribution in [2.75, 3.05) is 11.1 Å². The number of nitrogen functional groups attached to an aromatic ring is 1. The highest BCUT2D eigenvalue weighted by Crippen LogP contribution is 2.38. The molecule has 0 spiro atoms. The third-order valence-corrected chi connectivity index (χ3v) is 5.38. The van der Waals surface area contributed by atoms with Gasteiger partial charge < -0.3 is 20.6 Å². The molecule has 0 unspecified atom stereocenters. The highest BCUT2D eigenvalue weighted by Gasteiger charge is 2.29. The molecule has 3 heterocycles. The normalized spacial score (nSPS) is 15.2. The molecule has 9 heteroatoms. The lowest BCUT2D eigenvalue weighted by atomic mass is 10.1. The summed E-state index contributed by atoms with van der Waals surface area (Å²) in [6.07, 6.45) is 3.52. The van der Waals surface area contributed by atoms with E-state index in [0.717, 1.165) is 23.9 Å². The highest BCUT2D eigenvalue weighted by molar-refractivity contribution is 6.35. The van der Waals surface area contributed by atoms with E-state index in [-0.39, 0.29) is 23.6 Å². The Morgan fingerprint density at radius 3 is 2.96 bits per heavy atom. The number of aromatic nitrogens is 5. The smallest absolute Gasteiger partial charge is 0.260 e. The zero-order valence-corrected chi connectivity index (χ0v) is 15.9. The van der Waals surface area contributed by atoms with Gasteiger partial charge >= 0.3 is 0 Å². The van der Waals surface area contributed by atoms with Crippen molar-refractivity contribution in [2.24, 2.45) is 0 Å². The fourth-order valence-corrected chi connectivity index (χ4v) is 3.89. The van der Waals surface area contributed by atoms with Crippen molar-refractivity contribution in [1.29, 1.82) is 0 Å². The fraction of sp³-hybridized carbons (Fsp3) is 0.263. The quantitative estimate of drug-likeness (QED) is 0.487. The van der Waals surface area contributed by atoms with Gasteiger partial charge in [0.2, 0.25) is 5.95 Å². The standard InChI is InChI=1S/C19H18ClN7O/c1-9(24-17-15-16(23-8-22-15)25-19(21)26-17)13-7-10-3-2-4-12(20)14(10)18(28)27(13)11-5-6-11/h2-4,7-9,11H,5-6H2,1H3,(H4,21,22,23,24,25,26)/t9-/m0/s1. The van der Waals surface area contributed by atoms with E-state index < -0.39 is 0 Å². The van der Waals surface area contributed by atoms with Crippen molar-refractivity contribution < 1.29 is 0 Å². The van der Waals surface area contributed by atoms with Crippen molar-refractivity contribution in [3.63, 3.8) is 0 Å². The molecular formula is C19H18ClN7O. The summed E-state index contributed by atoms with van der Waals surface area (Å²) >= 11 is 6.32. The zero-order chi connectivity index (χ0) is 19.4. The molecule has 1 aliphatic rings. The summed E-state index contributed by atoms with van der Waals surface area (Å²) in [6.45, 7) is 1.99. The predicted molar refractivity (Wildman–Crippen MR) is 110 cm³/mol. The molecule has 142 valence electrons. The number of rotatable bonds is 4. The number of anilines is 2. The number of imidazole rings is 1. The monoisotopic (exact) mass is 395 g/mol. The number of halogens is 1. The third-order valence-electron chi connectivity index (χ3n) is 5.07. The second-order valence-corrected chi connectivity index (χ2v) is 7.48. The maximum atomic E-state index is 13.2. The van der Waals surface area contributed by atoms with Crippen LogP contribution in [0.5, 0.6) is 0 Å². The number of benzene rings is 1. The summed E-state index contributed by atoms with van der Waals surface area (Å²) in [5, 5.41) is 5.22. The number of nitrogens with one attached hydrogen (secondary N) is 2. The summed E-state index contributed by atoms with van der Waals surface area (Å²) in [4.78, 5) is 28.9. The molecule has 1 saturated carbocycles. The van der Waals surface area contributed by atoms with E-state index >= 15 is 0 Å². The number of fused-ring (bicyclic) bond motifs is 2. The molecule has 28 heavy (non-hydrogen) atoms. The van der Waals surface area contributed by atoms with Gasteiger partial charge in [-0.25, -0.2) is 4.98 Å². The van der Waals surface area contributed by atoms with E-state index in [0.29, 0.717) is 27.4 Å². The maximum Gasteiger partial charge on any atom is 0.260 e. The average Bonchev–Trinajstić information content (AvgIpc) is 3.38. The van der Waals surface area contributed by atoms with E-state index in [4.69, 9.17) is 17.3 Å². The van der Waals surface area contributed by atoms with Crippen molar-refractivity contribution in [3.8, 4) is 0 Å². The van der Waals surface area contributed by atoms with Crippen LogP contribution in [0.2, 0.25) is 5.02 Å². The summed E-state index contributed by atoms with van der Waals surface area (Å²) in [5.41, 5.74) is 7.81. The number of pyridine rings is 1. The van der Waals surface area contributed by atoms with Crippen molar-refractivity contribution in [1.82, 2.24) is 24.5 Å². The lowest BCUT2D eigenvalue weighted by Gasteiger charge is -2.21. The number of nitrogens with two attached hydrogens (primary N) is 1. The number of hydrogen-bond acceptors (Lipinski definition) is 6. The third kappa shape index (κ3) is 2.68. The Hall–Kier alpha value is -3.13. The average molecular weight is 396 g/mol. The van der Waals surface area contributed by atoms with E-state index in [1.807, 2.05) is 29.7 Å². The molecule has 4 N–H and O–H groups in total. The minimum Gasteiger partial charge on any atom is -0.368 e. The molecule has 1 aliphatic carbocycles. The van der Waals surface area contributed by atoms with Gasteiger partial charge in [0, 0.05) is 11.7 Å². The van der Waals surface area contributed by atoms with Gasteiger partial charge in [0.05, 0.1) is 22.8 Å². The molecule has 3 aromatic heterocycles. The largest absolute Gasteiger partial charge is 0.368 e. The van der Waals surface area contributed by atoms with Crippen LogP contribution in [0.4, 0.5) is 11.8 Å².